The average molecular weight is 620 g/mol. The first-order valence-corrected chi connectivity index (χ1v) is 18.6. The Kier molecular flexibility index (Phi) is 20.2. The Morgan fingerprint density at radius 3 is 1.93 bits per heavy atom. The van der Waals surface area contributed by atoms with Crippen LogP contribution in [-0.2, 0) is 13.0 Å². The van der Waals surface area contributed by atoms with Crippen molar-refractivity contribution in [2.75, 3.05) is 13.1 Å². The van der Waals surface area contributed by atoms with E-state index in [0.717, 1.165) is 54.9 Å². The van der Waals surface area contributed by atoms with Crippen molar-refractivity contribution in [1.29, 1.82) is 0 Å². The number of benzene rings is 1. The van der Waals surface area contributed by atoms with Gasteiger partial charge in [-0.3, -0.25) is 4.68 Å². The van der Waals surface area contributed by atoms with E-state index in [4.69, 9.17) is 5.10 Å². The monoisotopic (exact) mass is 620 g/mol. The normalized spacial score (nSPS) is 16.6. The van der Waals surface area contributed by atoms with Crippen molar-refractivity contribution in [1.82, 2.24) is 14.7 Å². The zero-order valence-corrected chi connectivity index (χ0v) is 31.8. The maximum Gasteiger partial charge on any atom is 0.112 e. The molecule has 4 rings (SSSR count). The molecule has 3 heteroatoms. The Morgan fingerprint density at radius 1 is 0.889 bits per heavy atom. The van der Waals surface area contributed by atoms with Crippen LogP contribution < -0.4 is 0 Å². The minimum absolute atomic E-state index is 0.607. The van der Waals surface area contributed by atoms with Gasteiger partial charge in [0.2, 0.25) is 0 Å². The molecular formula is C42H73N3. The lowest BCUT2D eigenvalue weighted by atomic mass is 10.0. The first-order chi connectivity index (χ1) is 21.4. The maximum atomic E-state index is 4.91. The van der Waals surface area contributed by atoms with E-state index < -0.39 is 0 Å². The van der Waals surface area contributed by atoms with Gasteiger partial charge in [0.05, 0.1) is 12.2 Å². The number of nitrogens with zero attached hydrogens (tertiary/aromatic N) is 3. The van der Waals surface area contributed by atoms with Gasteiger partial charge in [0.25, 0.3) is 0 Å². The molecule has 0 spiro atoms. The molecule has 2 aliphatic rings. The Balaban J connectivity index is 0.000000350. The van der Waals surface area contributed by atoms with Gasteiger partial charge >= 0.3 is 0 Å². The fraction of sp³-hybridized carbons (Fsp3) is 0.690. The predicted octanol–water partition coefficient (Wildman–Crippen LogP) is 12.6. The third kappa shape index (κ3) is 14.3. The number of fused-ring (bicyclic) bond motifs is 1. The summed E-state index contributed by atoms with van der Waals surface area (Å²) in [6.45, 7) is 36.0. The summed E-state index contributed by atoms with van der Waals surface area (Å²) in [5.41, 5.74) is 10.5. The Bertz CT molecular complexity index is 1100. The molecule has 0 bridgehead atoms. The molecule has 1 fully saturated rings. The van der Waals surface area contributed by atoms with Crippen molar-refractivity contribution in [2.45, 2.75) is 166 Å². The molecule has 0 saturated carbocycles. The molecular weight excluding hydrogens is 546 g/mol. The molecule has 2 aromatic rings. The SMILES string of the molecule is C=C(C)Cn1nc(C(=C)N2CCCCC2)c2c1CCC2C.CCCC(C)CC.CCCCC(C)CC.Cc1cccc(C)c1C. The molecule has 3 atom stereocenters. The summed E-state index contributed by atoms with van der Waals surface area (Å²) >= 11 is 0. The third-order valence-electron chi connectivity index (χ3n) is 9.94. The number of unbranched alkanes of at least 4 members (excludes halogenated alkanes) is 1. The van der Waals surface area contributed by atoms with Gasteiger partial charge in [-0.25, -0.2) is 0 Å². The highest BCUT2D eigenvalue weighted by Gasteiger charge is 2.30. The van der Waals surface area contributed by atoms with Gasteiger partial charge in [-0.2, -0.15) is 5.10 Å². The number of aryl methyl sites for hydroxylation is 2. The molecule has 2 heterocycles. The summed E-state index contributed by atoms with van der Waals surface area (Å²) in [7, 11) is 0. The van der Waals surface area contributed by atoms with E-state index in [0.29, 0.717) is 5.92 Å². The van der Waals surface area contributed by atoms with E-state index in [1.165, 1.54) is 98.6 Å². The van der Waals surface area contributed by atoms with E-state index in [1.807, 2.05) is 0 Å². The zero-order chi connectivity index (χ0) is 33.9. The molecule has 0 radical (unpaired) electrons. The summed E-state index contributed by atoms with van der Waals surface area (Å²) in [4.78, 5) is 2.43. The number of aromatic nitrogens is 2. The second kappa shape index (κ2) is 22.3. The van der Waals surface area contributed by atoms with Crippen molar-refractivity contribution in [2.24, 2.45) is 11.8 Å². The Morgan fingerprint density at radius 2 is 1.47 bits per heavy atom. The molecule has 1 aliphatic heterocycles. The average Bonchev–Trinajstić information content (AvgIpc) is 3.59. The summed E-state index contributed by atoms with van der Waals surface area (Å²) < 4.78 is 2.17. The highest BCUT2D eigenvalue weighted by Crippen LogP contribution is 2.39. The van der Waals surface area contributed by atoms with Gasteiger partial charge in [-0.05, 0) is 94.2 Å². The molecule has 1 saturated heterocycles. The van der Waals surface area contributed by atoms with Crippen LogP contribution in [0, 0.1) is 32.6 Å². The van der Waals surface area contributed by atoms with Crippen molar-refractivity contribution < 1.29 is 0 Å². The highest BCUT2D eigenvalue weighted by atomic mass is 15.3. The van der Waals surface area contributed by atoms with Crippen LogP contribution in [0.3, 0.4) is 0 Å². The first-order valence-electron chi connectivity index (χ1n) is 18.6. The van der Waals surface area contributed by atoms with Crippen molar-refractivity contribution in [3.05, 3.63) is 70.6 Å². The second-order valence-electron chi connectivity index (χ2n) is 14.2. The zero-order valence-electron chi connectivity index (χ0n) is 31.8. The first kappa shape index (κ1) is 40.7. The molecule has 3 nitrogen and oxygen atoms in total. The highest BCUT2D eigenvalue weighted by molar-refractivity contribution is 5.64. The van der Waals surface area contributed by atoms with Crippen LogP contribution >= 0.6 is 0 Å². The molecule has 1 aromatic heterocycles. The van der Waals surface area contributed by atoms with Gasteiger partial charge < -0.3 is 4.90 Å². The summed E-state index contributed by atoms with van der Waals surface area (Å²) in [6, 6.07) is 6.38. The lowest BCUT2D eigenvalue weighted by Crippen LogP contribution is -2.28. The van der Waals surface area contributed by atoms with Crippen molar-refractivity contribution in [3.8, 4) is 0 Å². The summed E-state index contributed by atoms with van der Waals surface area (Å²) in [6.07, 6.45) is 15.9. The lowest BCUT2D eigenvalue weighted by molar-refractivity contribution is 0.325. The van der Waals surface area contributed by atoms with E-state index in [1.54, 1.807) is 0 Å². The number of likely N-dealkylation sites (tertiary alicyclic amines) is 1. The fourth-order valence-electron chi connectivity index (χ4n) is 6.05. The van der Waals surface area contributed by atoms with Crippen LogP contribution in [0.5, 0.6) is 0 Å². The molecule has 256 valence electrons. The van der Waals surface area contributed by atoms with Gasteiger partial charge in [-0.1, -0.05) is 130 Å². The van der Waals surface area contributed by atoms with Crippen LogP contribution in [0.15, 0.2) is 36.9 Å². The smallest absolute Gasteiger partial charge is 0.112 e. The number of hydrogen-bond donors (Lipinski definition) is 0. The Labute approximate surface area is 281 Å². The van der Waals surface area contributed by atoms with Crippen LogP contribution in [0.1, 0.15) is 166 Å². The molecule has 3 unspecified atom stereocenters. The van der Waals surface area contributed by atoms with Crippen LogP contribution in [-0.4, -0.2) is 27.8 Å². The van der Waals surface area contributed by atoms with Crippen LogP contribution in [0.4, 0.5) is 0 Å². The minimum Gasteiger partial charge on any atom is -0.370 e. The van der Waals surface area contributed by atoms with E-state index in [9.17, 15) is 0 Å². The maximum absolute atomic E-state index is 4.91. The predicted molar refractivity (Wildman–Crippen MR) is 202 cm³/mol. The summed E-state index contributed by atoms with van der Waals surface area (Å²) in [5.74, 6) is 2.51. The van der Waals surface area contributed by atoms with Gasteiger partial charge in [0.15, 0.2) is 0 Å². The standard InChI is InChI=1S/C18H27N3.C9H12.C8H18.C7H16/c1-13(2)12-21-16-9-8-14(3)17(16)18(19-21)15(4)20-10-6-5-7-11-20;1-7-5-4-6-8(2)9(7)3;1-4-6-7-8(3)5-2;1-4-6-7(3)5-2/h14H,1,4-12H2,2-3H3;4-6H,1-3H3;8H,4-7H2,1-3H3;7H,4-6H2,1-3H3. The molecule has 0 N–H and O–H groups in total. The van der Waals surface area contributed by atoms with Gasteiger partial charge in [0, 0.05) is 24.3 Å². The van der Waals surface area contributed by atoms with E-state index >= 15 is 0 Å². The quantitative estimate of drug-likeness (QED) is 0.233. The lowest BCUT2D eigenvalue weighted by Gasteiger charge is -2.30. The Hall–Kier alpha value is -2.29. The van der Waals surface area contributed by atoms with Crippen molar-refractivity contribution >= 4 is 5.70 Å². The number of allylic oxidation sites excluding steroid dienone is 1. The third-order valence-corrected chi connectivity index (χ3v) is 9.94. The molecule has 1 aromatic carbocycles. The van der Waals surface area contributed by atoms with E-state index in [2.05, 4.69) is 117 Å². The largest absolute Gasteiger partial charge is 0.370 e. The molecule has 1 aliphatic carbocycles. The molecule has 0 amide bonds. The van der Waals surface area contributed by atoms with Crippen LogP contribution in [0.2, 0.25) is 0 Å². The summed E-state index contributed by atoms with van der Waals surface area (Å²) in [5, 5.41) is 4.91. The number of rotatable bonds is 11. The number of piperidine rings is 1. The molecule has 45 heavy (non-hydrogen) atoms. The van der Waals surface area contributed by atoms with Crippen molar-refractivity contribution in [3.63, 3.8) is 0 Å². The second-order valence-corrected chi connectivity index (χ2v) is 14.2. The number of hydrogen-bond acceptors (Lipinski definition) is 2. The topological polar surface area (TPSA) is 21.1 Å². The van der Waals surface area contributed by atoms with E-state index in [-0.39, 0.29) is 0 Å². The van der Waals surface area contributed by atoms with Crippen LogP contribution in [0.25, 0.3) is 5.70 Å². The van der Waals surface area contributed by atoms with Gasteiger partial charge in [0.1, 0.15) is 5.69 Å². The van der Waals surface area contributed by atoms with Gasteiger partial charge in [-0.15, -0.1) is 0 Å². The minimum atomic E-state index is 0.607. The fourth-order valence-corrected chi connectivity index (χ4v) is 6.05.